The molecule has 0 saturated heterocycles. The molecule has 0 saturated carbocycles. The first-order chi connectivity index (χ1) is 11.6. The summed E-state index contributed by atoms with van der Waals surface area (Å²) < 4.78 is 25.4. The number of benzene rings is 2. The van der Waals surface area contributed by atoms with Crippen LogP contribution in [0.3, 0.4) is 0 Å². The zero-order valence-corrected chi connectivity index (χ0v) is 13.2. The molecule has 0 aliphatic heterocycles. The van der Waals surface area contributed by atoms with Gasteiger partial charge in [0.2, 0.25) is 5.88 Å². The summed E-state index contributed by atoms with van der Waals surface area (Å²) in [6.07, 6.45) is 0. The van der Waals surface area contributed by atoms with E-state index in [0.29, 0.717) is 22.7 Å². The minimum absolute atomic E-state index is 0.214. The van der Waals surface area contributed by atoms with Gasteiger partial charge < -0.3 is 9.47 Å². The van der Waals surface area contributed by atoms with Gasteiger partial charge in [0.05, 0.1) is 24.1 Å². The minimum Gasteiger partial charge on any atom is -0.497 e. The molecule has 0 aliphatic rings. The van der Waals surface area contributed by atoms with Gasteiger partial charge in [-0.2, -0.15) is 5.10 Å². The van der Waals surface area contributed by atoms with Gasteiger partial charge in [-0.15, -0.1) is 0 Å². The van der Waals surface area contributed by atoms with Crippen LogP contribution >= 0.6 is 0 Å². The molecule has 0 unspecified atom stereocenters. The van der Waals surface area contributed by atoms with Crippen LogP contribution < -0.4 is 9.47 Å². The maximum absolute atomic E-state index is 13.4. The van der Waals surface area contributed by atoms with Crippen LogP contribution in [0, 0.1) is 12.7 Å². The standard InChI is InChI=1S/C18H15FN2O3/c1-12-9-17(21(20-12)15-7-4-6-14(19)11-15)24-18(22)13-5-3-8-16(10-13)23-2/h3-11H,1-2H3. The van der Waals surface area contributed by atoms with E-state index in [1.807, 2.05) is 0 Å². The highest BCUT2D eigenvalue weighted by Crippen LogP contribution is 2.22. The van der Waals surface area contributed by atoms with Crippen molar-refractivity contribution in [2.45, 2.75) is 6.92 Å². The normalized spacial score (nSPS) is 10.5. The second kappa shape index (κ2) is 6.54. The third-order valence-corrected chi connectivity index (χ3v) is 3.35. The van der Waals surface area contributed by atoms with Gasteiger partial charge in [-0.05, 0) is 43.3 Å². The highest BCUT2D eigenvalue weighted by Gasteiger charge is 2.15. The Morgan fingerprint density at radius 3 is 2.67 bits per heavy atom. The van der Waals surface area contributed by atoms with E-state index < -0.39 is 11.8 Å². The van der Waals surface area contributed by atoms with Crippen molar-refractivity contribution in [1.29, 1.82) is 0 Å². The summed E-state index contributed by atoms with van der Waals surface area (Å²) >= 11 is 0. The third-order valence-electron chi connectivity index (χ3n) is 3.35. The maximum atomic E-state index is 13.4. The average molecular weight is 326 g/mol. The molecular weight excluding hydrogens is 311 g/mol. The van der Waals surface area contributed by atoms with E-state index in [-0.39, 0.29) is 5.88 Å². The first-order valence-electron chi connectivity index (χ1n) is 7.25. The molecule has 2 aromatic carbocycles. The lowest BCUT2D eigenvalue weighted by molar-refractivity contribution is 0.0722. The van der Waals surface area contributed by atoms with Crippen molar-refractivity contribution in [3.05, 3.63) is 71.7 Å². The Hall–Kier alpha value is -3.15. The van der Waals surface area contributed by atoms with Crippen LogP contribution in [0.5, 0.6) is 11.6 Å². The first kappa shape index (κ1) is 15.7. The van der Waals surface area contributed by atoms with Gasteiger partial charge in [-0.25, -0.2) is 13.9 Å². The van der Waals surface area contributed by atoms with Gasteiger partial charge in [-0.3, -0.25) is 0 Å². The van der Waals surface area contributed by atoms with Crippen LogP contribution in [0.25, 0.3) is 5.69 Å². The minimum atomic E-state index is -0.550. The Kier molecular flexibility index (Phi) is 4.29. The number of hydrogen-bond donors (Lipinski definition) is 0. The van der Waals surface area contributed by atoms with Crippen LogP contribution in [0.4, 0.5) is 4.39 Å². The smallest absolute Gasteiger partial charge is 0.344 e. The van der Waals surface area contributed by atoms with Crippen LogP contribution in [0.1, 0.15) is 16.1 Å². The number of halogens is 1. The largest absolute Gasteiger partial charge is 0.497 e. The number of carbonyl (C=O) groups excluding carboxylic acids is 1. The second-order valence-electron chi connectivity index (χ2n) is 5.14. The number of aromatic nitrogens is 2. The summed E-state index contributed by atoms with van der Waals surface area (Å²) in [4.78, 5) is 12.3. The molecule has 1 heterocycles. The summed E-state index contributed by atoms with van der Waals surface area (Å²) in [6, 6.07) is 14.1. The van der Waals surface area contributed by atoms with Crippen molar-refractivity contribution >= 4 is 5.97 Å². The fourth-order valence-corrected chi connectivity index (χ4v) is 2.25. The van der Waals surface area contributed by atoms with E-state index in [2.05, 4.69) is 5.10 Å². The van der Waals surface area contributed by atoms with Crippen molar-refractivity contribution in [2.75, 3.05) is 7.11 Å². The molecule has 0 N–H and O–H groups in total. The molecule has 24 heavy (non-hydrogen) atoms. The van der Waals surface area contributed by atoms with E-state index >= 15 is 0 Å². The predicted molar refractivity (Wildman–Crippen MR) is 86.2 cm³/mol. The van der Waals surface area contributed by atoms with Crippen LogP contribution in [0.15, 0.2) is 54.6 Å². The summed E-state index contributed by atoms with van der Waals surface area (Å²) in [6.45, 7) is 1.76. The molecule has 0 radical (unpaired) electrons. The van der Waals surface area contributed by atoms with Crippen LogP contribution in [-0.2, 0) is 0 Å². The van der Waals surface area contributed by atoms with Gasteiger partial charge in [0.25, 0.3) is 0 Å². The molecule has 5 nitrogen and oxygen atoms in total. The van der Waals surface area contributed by atoms with Crippen molar-refractivity contribution in [3.8, 4) is 17.3 Å². The zero-order valence-electron chi connectivity index (χ0n) is 13.2. The van der Waals surface area contributed by atoms with Crippen molar-refractivity contribution < 1.29 is 18.7 Å². The summed E-state index contributed by atoms with van der Waals surface area (Å²) in [7, 11) is 1.52. The molecule has 3 aromatic rings. The summed E-state index contributed by atoms with van der Waals surface area (Å²) in [5, 5.41) is 4.25. The molecule has 0 fully saturated rings. The van der Waals surface area contributed by atoms with Gasteiger partial charge in [0, 0.05) is 6.07 Å². The number of ether oxygens (including phenoxy) is 2. The molecule has 3 rings (SSSR count). The van der Waals surface area contributed by atoms with E-state index in [4.69, 9.17) is 9.47 Å². The average Bonchev–Trinajstić information content (AvgIpc) is 2.95. The Morgan fingerprint density at radius 2 is 1.92 bits per heavy atom. The molecule has 0 spiro atoms. The number of carbonyl (C=O) groups is 1. The molecule has 0 atom stereocenters. The van der Waals surface area contributed by atoms with E-state index in [9.17, 15) is 9.18 Å². The number of hydrogen-bond acceptors (Lipinski definition) is 4. The molecule has 6 heteroatoms. The molecule has 0 aliphatic carbocycles. The third kappa shape index (κ3) is 3.27. The Labute approximate surface area is 138 Å². The van der Waals surface area contributed by atoms with Gasteiger partial charge in [0.15, 0.2) is 0 Å². The monoisotopic (exact) mass is 326 g/mol. The number of esters is 1. The van der Waals surface area contributed by atoms with E-state index in [1.54, 1.807) is 49.4 Å². The highest BCUT2D eigenvalue weighted by molar-refractivity contribution is 5.91. The fourth-order valence-electron chi connectivity index (χ4n) is 2.25. The topological polar surface area (TPSA) is 53.4 Å². The van der Waals surface area contributed by atoms with Crippen molar-refractivity contribution in [3.63, 3.8) is 0 Å². The lowest BCUT2D eigenvalue weighted by Crippen LogP contribution is -2.12. The van der Waals surface area contributed by atoms with Crippen LogP contribution in [-0.4, -0.2) is 22.9 Å². The zero-order chi connectivity index (χ0) is 17.1. The number of aryl methyl sites for hydroxylation is 1. The SMILES string of the molecule is COc1cccc(C(=O)Oc2cc(C)nn2-c2cccc(F)c2)c1. The Bertz CT molecular complexity index is 889. The highest BCUT2D eigenvalue weighted by atomic mass is 19.1. The fraction of sp³-hybridized carbons (Fsp3) is 0.111. The number of nitrogens with zero attached hydrogens (tertiary/aromatic N) is 2. The second-order valence-corrected chi connectivity index (χ2v) is 5.14. The van der Waals surface area contributed by atoms with E-state index in [1.165, 1.54) is 23.9 Å². The summed E-state index contributed by atoms with van der Waals surface area (Å²) in [5.74, 6) is -0.178. The maximum Gasteiger partial charge on any atom is 0.344 e. The number of methoxy groups -OCH3 is 1. The number of rotatable bonds is 4. The molecule has 1 aromatic heterocycles. The molecular formula is C18H15FN2O3. The molecule has 122 valence electrons. The Balaban J connectivity index is 1.91. The van der Waals surface area contributed by atoms with E-state index in [0.717, 1.165) is 0 Å². The van der Waals surface area contributed by atoms with Gasteiger partial charge in [0.1, 0.15) is 11.6 Å². The first-order valence-corrected chi connectivity index (χ1v) is 7.25. The molecule has 0 amide bonds. The molecule has 0 bridgehead atoms. The van der Waals surface area contributed by atoms with Crippen molar-refractivity contribution in [1.82, 2.24) is 9.78 Å². The lowest BCUT2D eigenvalue weighted by Gasteiger charge is -2.08. The lowest BCUT2D eigenvalue weighted by atomic mass is 10.2. The van der Waals surface area contributed by atoms with Gasteiger partial charge >= 0.3 is 5.97 Å². The predicted octanol–water partition coefficient (Wildman–Crippen LogP) is 3.55. The Morgan fingerprint density at radius 1 is 1.12 bits per heavy atom. The van der Waals surface area contributed by atoms with Crippen molar-refractivity contribution in [2.24, 2.45) is 0 Å². The summed E-state index contributed by atoms with van der Waals surface area (Å²) in [5.41, 5.74) is 1.46. The van der Waals surface area contributed by atoms with Crippen LogP contribution in [0.2, 0.25) is 0 Å². The van der Waals surface area contributed by atoms with Gasteiger partial charge in [-0.1, -0.05) is 12.1 Å². The quantitative estimate of drug-likeness (QED) is 0.688.